The number of carbonyl (C=O) groups is 1. The molecule has 1 rings (SSSR count). The van der Waals surface area contributed by atoms with E-state index >= 15 is 0 Å². The standard InChI is InChI=1S/C8H9BrN2O2S/c1-14(2,13)11-8(12)6-3-7(9)5-10-4-6/h3-5H,1-2H3. The van der Waals surface area contributed by atoms with Crippen LogP contribution in [0.25, 0.3) is 0 Å². The minimum absolute atomic E-state index is 0.329. The van der Waals surface area contributed by atoms with Gasteiger partial charge in [0.25, 0.3) is 5.91 Å². The monoisotopic (exact) mass is 276 g/mol. The molecular formula is C8H9BrN2O2S. The zero-order valence-electron chi connectivity index (χ0n) is 7.73. The van der Waals surface area contributed by atoms with Gasteiger partial charge in [-0.3, -0.25) is 9.78 Å². The van der Waals surface area contributed by atoms with Gasteiger partial charge < -0.3 is 0 Å². The van der Waals surface area contributed by atoms with Crippen molar-refractivity contribution in [1.29, 1.82) is 0 Å². The topological polar surface area (TPSA) is 59.4 Å². The van der Waals surface area contributed by atoms with Gasteiger partial charge in [-0.25, -0.2) is 4.21 Å². The van der Waals surface area contributed by atoms with Gasteiger partial charge in [0.2, 0.25) is 0 Å². The van der Waals surface area contributed by atoms with Crippen molar-refractivity contribution in [3.63, 3.8) is 0 Å². The summed E-state index contributed by atoms with van der Waals surface area (Å²) in [5.74, 6) is -0.506. The molecule has 0 radical (unpaired) electrons. The van der Waals surface area contributed by atoms with Gasteiger partial charge in [0.05, 0.1) is 5.56 Å². The van der Waals surface area contributed by atoms with E-state index in [4.69, 9.17) is 0 Å². The lowest BCUT2D eigenvalue weighted by Gasteiger charge is -1.96. The molecule has 0 saturated heterocycles. The minimum atomic E-state index is -2.40. The zero-order valence-corrected chi connectivity index (χ0v) is 10.1. The number of carbonyl (C=O) groups excluding carboxylic acids is 1. The van der Waals surface area contributed by atoms with Crippen LogP contribution in [-0.4, -0.2) is 27.6 Å². The van der Waals surface area contributed by atoms with Crippen LogP contribution in [0.5, 0.6) is 0 Å². The Labute approximate surface area is 91.1 Å². The fourth-order valence-electron chi connectivity index (χ4n) is 0.781. The summed E-state index contributed by atoms with van der Waals surface area (Å²) in [6.07, 6.45) is 5.78. The molecule has 0 aliphatic heterocycles. The second-order valence-electron chi connectivity index (χ2n) is 2.97. The zero-order chi connectivity index (χ0) is 10.8. The summed E-state index contributed by atoms with van der Waals surface area (Å²) in [6.45, 7) is 0. The fraction of sp³-hybridized carbons (Fsp3) is 0.250. The summed E-state index contributed by atoms with van der Waals surface area (Å²) < 4.78 is 15.5. The molecule has 1 amide bonds. The third-order valence-corrected chi connectivity index (χ3v) is 2.29. The Bertz CT molecular complexity index is 470. The van der Waals surface area contributed by atoms with Crippen molar-refractivity contribution in [2.45, 2.75) is 0 Å². The molecular weight excluding hydrogens is 268 g/mol. The van der Waals surface area contributed by atoms with E-state index in [0.717, 1.165) is 0 Å². The largest absolute Gasteiger partial charge is 0.286 e. The number of hydrogen-bond donors (Lipinski definition) is 0. The van der Waals surface area contributed by atoms with Crippen LogP contribution in [0.1, 0.15) is 10.4 Å². The van der Waals surface area contributed by atoms with Gasteiger partial charge in [-0.2, -0.15) is 4.36 Å². The van der Waals surface area contributed by atoms with Gasteiger partial charge >= 0.3 is 0 Å². The van der Waals surface area contributed by atoms with Crippen molar-refractivity contribution < 1.29 is 9.00 Å². The molecule has 0 N–H and O–H groups in total. The Morgan fingerprint density at radius 3 is 2.64 bits per heavy atom. The molecule has 0 aromatic carbocycles. The summed E-state index contributed by atoms with van der Waals surface area (Å²) in [5, 5.41) is 0. The van der Waals surface area contributed by atoms with Crippen LogP contribution < -0.4 is 0 Å². The summed E-state index contributed by atoms with van der Waals surface area (Å²) in [6, 6.07) is 1.59. The van der Waals surface area contributed by atoms with E-state index < -0.39 is 15.6 Å². The average molecular weight is 277 g/mol. The van der Waals surface area contributed by atoms with Gasteiger partial charge in [0.15, 0.2) is 0 Å². The maximum Gasteiger partial charge on any atom is 0.286 e. The van der Waals surface area contributed by atoms with Gasteiger partial charge in [0.1, 0.15) is 0 Å². The number of aromatic nitrogens is 1. The summed E-state index contributed by atoms with van der Waals surface area (Å²) in [5.41, 5.74) is 0.329. The van der Waals surface area contributed by atoms with Crippen molar-refractivity contribution in [3.8, 4) is 0 Å². The molecule has 76 valence electrons. The molecule has 0 unspecified atom stereocenters. The highest BCUT2D eigenvalue weighted by molar-refractivity contribution is 9.10. The SMILES string of the molecule is CS(C)(=O)=NC(=O)c1cncc(Br)c1. The smallest absolute Gasteiger partial charge is 0.266 e. The first-order valence-corrected chi connectivity index (χ1v) is 6.83. The molecule has 0 spiro atoms. The highest BCUT2D eigenvalue weighted by atomic mass is 79.9. The first-order valence-electron chi connectivity index (χ1n) is 3.70. The molecule has 14 heavy (non-hydrogen) atoms. The predicted molar refractivity (Wildman–Crippen MR) is 58.7 cm³/mol. The molecule has 0 saturated carbocycles. The molecule has 0 aliphatic rings. The van der Waals surface area contributed by atoms with E-state index in [9.17, 15) is 9.00 Å². The van der Waals surface area contributed by atoms with E-state index in [-0.39, 0.29) is 0 Å². The van der Waals surface area contributed by atoms with E-state index in [0.29, 0.717) is 10.0 Å². The van der Waals surface area contributed by atoms with E-state index in [1.807, 2.05) is 0 Å². The van der Waals surface area contributed by atoms with Gasteiger partial charge in [-0.15, -0.1) is 0 Å². The van der Waals surface area contributed by atoms with E-state index in [1.54, 1.807) is 12.3 Å². The van der Waals surface area contributed by atoms with E-state index in [1.165, 1.54) is 18.7 Å². The number of halogens is 1. The van der Waals surface area contributed by atoms with Crippen LogP contribution >= 0.6 is 15.9 Å². The summed E-state index contributed by atoms with van der Waals surface area (Å²) >= 11 is 3.18. The quantitative estimate of drug-likeness (QED) is 0.785. The van der Waals surface area contributed by atoms with Crippen LogP contribution in [0.3, 0.4) is 0 Å². The van der Waals surface area contributed by atoms with Crippen molar-refractivity contribution >= 4 is 31.6 Å². The first-order chi connectivity index (χ1) is 6.38. The fourth-order valence-corrected chi connectivity index (χ4v) is 1.65. The van der Waals surface area contributed by atoms with Crippen LogP contribution in [0, 0.1) is 0 Å². The summed E-state index contributed by atoms with van der Waals surface area (Å²) in [4.78, 5) is 15.2. The highest BCUT2D eigenvalue weighted by Gasteiger charge is 2.06. The summed E-state index contributed by atoms with van der Waals surface area (Å²) in [7, 11) is -2.40. The number of amides is 1. The second kappa shape index (κ2) is 4.18. The second-order valence-corrected chi connectivity index (χ2v) is 6.43. The van der Waals surface area contributed by atoms with Gasteiger partial charge in [-0.05, 0) is 22.0 Å². The molecule has 0 aliphatic carbocycles. The molecule has 1 heterocycles. The van der Waals surface area contributed by atoms with E-state index in [2.05, 4.69) is 25.3 Å². The predicted octanol–water partition coefficient (Wildman–Crippen LogP) is 1.71. The van der Waals surface area contributed by atoms with Crippen LogP contribution in [0.2, 0.25) is 0 Å². The Hall–Kier alpha value is -0.750. The highest BCUT2D eigenvalue weighted by Crippen LogP contribution is 2.10. The Balaban J connectivity index is 3.09. The first kappa shape index (κ1) is 11.3. The molecule has 0 atom stereocenters. The molecule has 4 nitrogen and oxygen atoms in total. The third kappa shape index (κ3) is 3.55. The Morgan fingerprint density at radius 1 is 1.50 bits per heavy atom. The average Bonchev–Trinajstić information content (AvgIpc) is 2.01. The van der Waals surface area contributed by atoms with Gasteiger partial charge in [0, 0.05) is 39.1 Å². The lowest BCUT2D eigenvalue weighted by atomic mass is 10.3. The van der Waals surface area contributed by atoms with Crippen molar-refractivity contribution in [2.24, 2.45) is 4.36 Å². The maximum atomic E-state index is 11.4. The number of nitrogens with zero attached hydrogens (tertiary/aromatic N) is 2. The van der Waals surface area contributed by atoms with Crippen LogP contribution in [0.15, 0.2) is 27.3 Å². The third-order valence-electron chi connectivity index (χ3n) is 1.25. The Morgan fingerprint density at radius 2 is 2.14 bits per heavy atom. The lowest BCUT2D eigenvalue weighted by Crippen LogP contribution is -2.01. The molecule has 6 heteroatoms. The number of hydrogen-bond acceptors (Lipinski definition) is 3. The van der Waals surface area contributed by atoms with Crippen LogP contribution in [0.4, 0.5) is 0 Å². The maximum absolute atomic E-state index is 11.4. The molecule has 1 aromatic heterocycles. The van der Waals surface area contributed by atoms with Crippen molar-refractivity contribution in [2.75, 3.05) is 12.5 Å². The van der Waals surface area contributed by atoms with Crippen LogP contribution in [-0.2, 0) is 9.73 Å². The molecule has 0 bridgehead atoms. The normalized spacial score (nSPS) is 11.1. The number of rotatable bonds is 1. The number of pyridine rings is 1. The molecule has 0 fully saturated rings. The van der Waals surface area contributed by atoms with Gasteiger partial charge in [-0.1, -0.05) is 0 Å². The molecule has 1 aromatic rings. The minimum Gasteiger partial charge on any atom is -0.266 e. The van der Waals surface area contributed by atoms with Crippen molar-refractivity contribution in [3.05, 3.63) is 28.5 Å². The Kier molecular flexibility index (Phi) is 3.38. The van der Waals surface area contributed by atoms with Crippen molar-refractivity contribution in [1.82, 2.24) is 4.98 Å². The lowest BCUT2D eigenvalue weighted by molar-refractivity contribution is 0.100.